The molecule has 3 unspecified atom stereocenters. The molecule has 0 saturated carbocycles. The quantitative estimate of drug-likeness (QED) is 0.218. The lowest BCUT2D eigenvalue weighted by Gasteiger charge is -2.41. The van der Waals surface area contributed by atoms with Crippen LogP contribution in [0.3, 0.4) is 0 Å². The third kappa shape index (κ3) is 4.76. The molecule has 10 nitrogen and oxygen atoms in total. The number of thioether (sulfide) groups is 1. The van der Waals surface area contributed by atoms with Gasteiger partial charge in [-0.15, -0.1) is 30.0 Å². The van der Waals surface area contributed by atoms with E-state index in [9.17, 15) is 19.5 Å². The van der Waals surface area contributed by atoms with Gasteiger partial charge in [-0.3, -0.25) is 14.4 Å². The number of aliphatic hydroxyl groups is 1. The van der Waals surface area contributed by atoms with Crippen LogP contribution in [-0.4, -0.2) is 89.5 Å². The van der Waals surface area contributed by atoms with Crippen LogP contribution in [0.4, 0.5) is 0 Å². The van der Waals surface area contributed by atoms with Gasteiger partial charge >= 0.3 is 5.97 Å². The number of nitrogens with zero attached hydrogens (tertiary/aromatic N) is 5. The molecule has 1 aromatic carbocycles. The number of hydrogen-bond acceptors (Lipinski definition) is 8. The van der Waals surface area contributed by atoms with Gasteiger partial charge in [0, 0.05) is 11.8 Å². The van der Waals surface area contributed by atoms with Gasteiger partial charge in [0.2, 0.25) is 11.8 Å². The summed E-state index contributed by atoms with van der Waals surface area (Å²) >= 11 is 1.60. The van der Waals surface area contributed by atoms with Crippen molar-refractivity contribution in [2.75, 3.05) is 19.8 Å². The molecule has 0 aliphatic carbocycles. The standard InChI is InChI=1S/C30H39N5O5S/c1-5-8-11-15-40-29(39)24-23-16-19(4)30(41-23)25(24)27(37)35(20(7-3)17-36)26(30)28(38)33(14-6-2)18-34-22-13-10-9-12-21(22)31-32-34/h5-6,9-10,12-13,19-20,23-26,36H,1-2,7-8,11,14-18H2,3-4H3/t19?,20-,23+,24-,25-,26?,30?/m0/s1. The van der Waals surface area contributed by atoms with Crippen molar-refractivity contribution in [1.29, 1.82) is 0 Å². The minimum atomic E-state index is -0.851. The van der Waals surface area contributed by atoms with Crippen molar-refractivity contribution in [2.24, 2.45) is 17.8 Å². The summed E-state index contributed by atoms with van der Waals surface area (Å²) in [5, 5.41) is 18.7. The second kappa shape index (κ2) is 12.0. The van der Waals surface area contributed by atoms with Gasteiger partial charge < -0.3 is 19.6 Å². The van der Waals surface area contributed by atoms with Crippen molar-refractivity contribution in [3.05, 3.63) is 49.6 Å². The molecule has 4 heterocycles. The SMILES string of the molecule is C=CCCCOC(=O)[C@@H]1[C@H]2C(=O)N([C@@H](CC)CO)C(C(=O)N(CC=C)Cn3nnc4ccccc43)C23S[C@@H]1CC3C. The van der Waals surface area contributed by atoms with E-state index in [1.54, 1.807) is 38.4 Å². The first-order valence-electron chi connectivity index (χ1n) is 14.4. The Morgan fingerprint density at radius 3 is 2.80 bits per heavy atom. The summed E-state index contributed by atoms with van der Waals surface area (Å²) < 4.78 is 6.52. The highest BCUT2D eigenvalue weighted by molar-refractivity contribution is 8.02. The Morgan fingerprint density at radius 1 is 1.32 bits per heavy atom. The van der Waals surface area contributed by atoms with E-state index in [2.05, 4.69) is 30.4 Å². The minimum Gasteiger partial charge on any atom is -0.465 e. The summed E-state index contributed by atoms with van der Waals surface area (Å²) in [6.45, 7) is 11.9. The lowest BCUT2D eigenvalue weighted by atomic mass is 9.66. The van der Waals surface area contributed by atoms with Gasteiger partial charge in [-0.1, -0.05) is 43.3 Å². The third-order valence-electron chi connectivity index (χ3n) is 8.95. The highest BCUT2D eigenvalue weighted by Crippen LogP contribution is 2.69. The fraction of sp³-hybridized carbons (Fsp3) is 0.567. The monoisotopic (exact) mass is 581 g/mol. The molecule has 7 atom stereocenters. The molecular formula is C30H39N5O5S. The van der Waals surface area contributed by atoms with Crippen molar-refractivity contribution >= 4 is 40.6 Å². The first-order valence-corrected chi connectivity index (χ1v) is 15.3. The van der Waals surface area contributed by atoms with E-state index < -0.39 is 28.7 Å². The third-order valence-corrected chi connectivity index (χ3v) is 11.0. The van der Waals surface area contributed by atoms with Gasteiger partial charge in [0.15, 0.2) is 0 Å². The van der Waals surface area contributed by atoms with E-state index in [0.717, 1.165) is 11.9 Å². The number of para-hydroxylation sites is 1. The van der Waals surface area contributed by atoms with Gasteiger partial charge in [0.25, 0.3) is 0 Å². The summed E-state index contributed by atoms with van der Waals surface area (Å²) in [6.07, 6.45) is 6.03. The molecule has 2 aromatic rings. The number of rotatable bonds is 13. The van der Waals surface area contributed by atoms with Crippen LogP contribution in [0.1, 0.15) is 39.5 Å². The van der Waals surface area contributed by atoms with E-state index in [-0.39, 0.29) is 55.4 Å². The van der Waals surface area contributed by atoms with Crippen molar-refractivity contribution in [3.8, 4) is 0 Å². The number of aliphatic hydroxyl groups excluding tert-OH is 1. The van der Waals surface area contributed by atoms with Crippen LogP contribution in [-0.2, 0) is 25.8 Å². The number of carbonyl (C=O) groups is 3. The highest BCUT2D eigenvalue weighted by Gasteiger charge is 2.77. The second-order valence-corrected chi connectivity index (χ2v) is 12.8. The van der Waals surface area contributed by atoms with E-state index >= 15 is 0 Å². The molecule has 220 valence electrons. The van der Waals surface area contributed by atoms with Gasteiger partial charge in [0.05, 0.1) is 41.4 Å². The highest BCUT2D eigenvalue weighted by atomic mass is 32.2. The molecule has 3 aliphatic rings. The number of amides is 2. The molecular weight excluding hydrogens is 542 g/mol. The summed E-state index contributed by atoms with van der Waals surface area (Å²) in [5.74, 6) is -2.18. The molecule has 2 bridgehead atoms. The van der Waals surface area contributed by atoms with Gasteiger partial charge in [0.1, 0.15) is 18.2 Å². The van der Waals surface area contributed by atoms with Gasteiger partial charge in [-0.2, -0.15) is 0 Å². The maximum Gasteiger partial charge on any atom is 0.310 e. The molecule has 5 rings (SSSR count). The average Bonchev–Trinajstić information content (AvgIpc) is 3.69. The lowest BCUT2D eigenvalue weighted by Crippen LogP contribution is -2.59. The summed E-state index contributed by atoms with van der Waals surface area (Å²) in [6, 6.07) is 6.12. The number of hydrogen-bond donors (Lipinski definition) is 1. The molecule has 1 N–H and O–H groups in total. The van der Waals surface area contributed by atoms with Crippen LogP contribution in [0.5, 0.6) is 0 Å². The zero-order chi connectivity index (χ0) is 29.3. The average molecular weight is 582 g/mol. The van der Waals surface area contributed by atoms with Crippen molar-refractivity contribution in [3.63, 3.8) is 0 Å². The number of unbranched alkanes of at least 4 members (excludes halogenated alkanes) is 1. The number of allylic oxidation sites excluding steroid dienone is 1. The lowest BCUT2D eigenvalue weighted by molar-refractivity contribution is -0.155. The molecule has 2 amide bonds. The normalized spacial score (nSPS) is 29.0. The summed E-state index contributed by atoms with van der Waals surface area (Å²) in [7, 11) is 0. The number of esters is 1. The molecule has 3 saturated heterocycles. The molecule has 11 heteroatoms. The maximum atomic E-state index is 14.7. The molecule has 41 heavy (non-hydrogen) atoms. The molecule has 0 radical (unpaired) electrons. The van der Waals surface area contributed by atoms with Gasteiger partial charge in [-0.25, -0.2) is 4.68 Å². The fourth-order valence-electron chi connectivity index (χ4n) is 7.04. The Balaban J connectivity index is 1.52. The van der Waals surface area contributed by atoms with Crippen LogP contribution in [0.25, 0.3) is 11.0 Å². The maximum absolute atomic E-state index is 14.7. The summed E-state index contributed by atoms with van der Waals surface area (Å²) in [4.78, 5) is 45.7. The zero-order valence-electron chi connectivity index (χ0n) is 23.7. The predicted octanol–water partition coefficient (Wildman–Crippen LogP) is 3.02. The first-order chi connectivity index (χ1) is 19.8. The molecule has 3 fully saturated rings. The number of carbonyl (C=O) groups excluding carboxylic acids is 3. The van der Waals surface area contributed by atoms with E-state index in [0.29, 0.717) is 24.8 Å². The number of likely N-dealkylation sites (tertiary alicyclic amines) is 1. The van der Waals surface area contributed by atoms with E-state index in [1.807, 2.05) is 31.2 Å². The van der Waals surface area contributed by atoms with Crippen molar-refractivity contribution in [1.82, 2.24) is 24.8 Å². The van der Waals surface area contributed by atoms with E-state index in [1.165, 1.54) is 0 Å². The Hall–Kier alpha value is -3.18. The van der Waals surface area contributed by atoms with Gasteiger partial charge in [-0.05, 0) is 43.7 Å². The van der Waals surface area contributed by atoms with Crippen LogP contribution < -0.4 is 0 Å². The van der Waals surface area contributed by atoms with Crippen LogP contribution >= 0.6 is 11.8 Å². The topological polar surface area (TPSA) is 118 Å². The van der Waals surface area contributed by atoms with E-state index in [4.69, 9.17) is 4.74 Å². The zero-order valence-corrected chi connectivity index (χ0v) is 24.5. The van der Waals surface area contributed by atoms with Crippen LogP contribution in [0.15, 0.2) is 49.6 Å². The number of aromatic nitrogens is 3. The second-order valence-electron chi connectivity index (χ2n) is 11.2. The minimum absolute atomic E-state index is 0.00389. The Morgan fingerprint density at radius 2 is 2.10 bits per heavy atom. The number of benzene rings is 1. The summed E-state index contributed by atoms with van der Waals surface area (Å²) in [5.41, 5.74) is 1.50. The number of fused-ring (bicyclic) bond motifs is 2. The Bertz CT molecular complexity index is 1330. The Kier molecular flexibility index (Phi) is 8.56. The van der Waals surface area contributed by atoms with Crippen molar-refractivity contribution < 1.29 is 24.2 Å². The molecule has 1 spiro atoms. The number of ether oxygens (including phenoxy) is 1. The predicted molar refractivity (Wildman–Crippen MR) is 156 cm³/mol. The van der Waals surface area contributed by atoms with Crippen molar-refractivity contribution in [2.45, 2.75) is 68.3 Å². The molecule has 1 aromatic heterocycles. The van der Waals surface area contributed by atoms with Crippen LogP contribution in [0, 0.1) is 17.8 Å². The van der Waals surface area contributed by atoms with Crippen LogP contribution in [0.2, 0.25) is 0 Å². The Labute approximate surface area is 244 Å². The smallest absolute Gasteiger partial charge is 0.310 e. The molecule has 3 aliphatic heterocycles. The fourth-order valence-corrected chi connectivity index (χ4v) is 9.43. The first kappa shape index (κ1) is 29.3. The largest absolute Gasteiger partial charge is 0.465 e.